The number of methoxy groups -OCH3 is 1. The van der Waals surface area contributed by atoms with Gasteiger partial charge in [0.2, 0.25) is 5.95 Å². The number of nitrogens with zero attached hydrogens (tertiary/aromatic N) is 3. The molecule has 2 N–H and O–H groups in total. The summed E-state index contributed by atoms with van der Waals surface area (Å²) in [5.41, 5.74) is 1.05. The second-order valence-corrected chi connectivity index (χ2v) is 4.96. The maximum Gasteiger partial charge on any atom is 0.244 e. The maximum atomic E-state index is 5.32. The van der Waals surface area contributed by atoms with Crippen molar-refractivity contribution in [2.24, 2.45) is 0 Å². The summed E-state index contributed by atoms with van der Waals surface area (Å²) < 4.78 is 5.32. The highest BCUT2D eigenvalue weighted by atomic mass is 16.5. The van der Waals surface area contributed by atoms with Gasteiger partial charge in [0.25, 0.3) is 0 Å². The molecule has 0 fully saturated rings. The minimum absolute atomic E-state index is 0.506. The molecular weight excluding hydrogens is 278 g/mol. The van der Waals surface area contributed by atoms with Gasteiger partial charge in [0.05, 0.1) is 13.3 Å². The number of hydrogen-bond acceptors (Lipinski definition) is 6. The highest BCUT2D eigenvalue weighted by molar-refractivity contribution is 5.39. The number of hydrogen-bond donors (Lipinski definition) is 2. The Labute approximate surface area is 131 Å². The van der Waals surface area contributed by atoms with Crippen LogP contribution >= 0.6 is 0 Å². The van der Waals surface area contributed by atoms with Gasteiger partial charge < -0.3 is 15.4 Å². The summed E-state index contributed by atoms with van der Waals surface area (Å²) in [6.45, 7) is 3.68. The Bertz CT molecular complexity index is 576. The Morgan fingerprint density at radius 2 is 2.00 bits per heavy atom. The van der Waals surface area contributed by atoms with Crippen LogP contribution in [-0.2, 0) is 6.54 Å². The van der Waals surface area contributed by atoms with Crippen LogP contribution in [-0.4, -0.2) is 28.8 Å². The quantitative estimate of drug-likeness (QED) is 0.693. The van der Waals surface area contributed by atoms with E-state index in [0.717, 1.165) is 30.1 Å². The van der Waals surface area contributed by atoms with Crippen LogP contribution < -0.4 is 15.4 Å². The van der Waals surface area contributed by atoms with E-state index in [-0.39, 0.29) is 0 Å². The van der Waals surface area contributed by atoms with Gasteiger partial charge in [0.15, 0.2) is 0 Å². The summed E-state index contributed by atoms with van der Waals surface area (Å²) in [4.78, 5) is 4.40. The Kier molecular flexibility index (Phi) is 6.41. The number of ether oxygens (including phenoxy) is 1. The first kappa shape index (κ1) is 16.0. The third kappa shape index (κ3) is 4.87. The van der Waals surface area contributed by atoms with Crippen LogP contribution in [0.1, 0.15) is 31.7 Å². The molecule has 2 rings (SSSR count). The van der Waals surface area contributed by atoms with Gasteiger partial charge in [-0.25, -0.2) is 0 Å². The van der Waals surface area contributed by atoms with E-state index in [9.17, 15) is 0 Å². The van der Waals surface area contributed by atoms with E-state index in [4.69, 9.17) is 4.74 Å². The van der Waals surface area contributed by atoms with Crippen molar-refractivity contribution < 1.29 is 4.74 Å². The van der Waals surface area contributed by atoms with E-state index >= 15 is 0 Å². The summed E-state index contributed by atoms with van der Waals surface area (Å²) in [6, 6.07) is 7.86. The Morgan fingerprint density at radius 1 is 1.14 bits per heavy atom. The maximum absolute atomic E-state index is 5.32. The molecule has 22 heavy (non-hydrogen) atoms. The molecule has 0 unspecified atom stereocenters. The fourth-order valence-electron chi connectivity index (χ4n) is 2.08. The molecule has 0 amide bonds. The highest BCUT2D eigenvalue weighted by Gasteiger charge is 2.04. The molecule has 2 aromatic rings. The van der Waals surface area contributed by atoms with Crippen molar-refractivity contribution in [3.63, 3.8) is 0 Å². The van der Waals surface area contributed by atoms with Crippen LogP contribution in [0, 0.1) is 0 Å². The SMILES string of the molecule is CCCCCNc1cnnc(NCc2ccccc2OC)n1. The van der Waals surface area contributed by atoms with Gasteiger partial charge in [-0.15, -0.1) is 5.10 Å². The van der Waals surface area contributed by atoms with Gasteiger partial charge in [-0.2, -0.15) is 10.1 Å². The van der Waals surface area contributed by atoms with Gasteiger partial charge in [0.1, 0.15) is 11.6 Å². The van der Waals surface area contributed by atoms with E-state index < -0.39 is 0 Å². The van der Waals surface area contributed by atoms with Gasteiger partial charge in [-0.1, -0.05) is 38.0 Å². The summed E-state index contributed by atoms with van der Waals surface area (Å²) in [6.07, 6.45) is 5.19. The first-order chi connectivity index (χ1) is 10.8. The molecule has 0 bridgehead atoms. The van der Waals surface area contributed by atoms with Crippen molar-refractivity contribution in [1.29, 1.82) is 0 Å². The van der Waals surface area contributed by atoms with Crippen LogP contribution in [0.3, 0.4) is 0 Å². The molecule has 6 nitrogen and oxygen atoms in total. The van der Waals surface area contributed by atoms with Gasteiger partial charge >= 0.3 is 0 Å². The molecule has 118 valence electrons. The average molecular weight is 301 g/mol. The van der Waals surface area contributed by atoms with E-state index in [0.29, 0.717) is 12.5 Å². The number of para-hydroxylation sites is 1. The molecule has 0 aliphatic carbocycles. The zero-order valence-corrected chi connectivity index (χ0v) is 13.2. The Morgan fingerprint density at radius 3 is 2.82 bits per heavy atom. The smallest absolute Gasteiger partial charge is 0.244 e. The monoisotopic (exact) mass is 301 g/mol. The second-order valence-electron chi connectivity index (χ2n) is 4.96. The number of aromatic nitrogens is 3. The molecular formula is C16H23N5O. The molecule has 0 radical (unpaired) electrons. The number of anilines is 2. The lowest BCUT2D eigenvalue weighted by Gasteiger charge is -2.10. The molecule has 1 aromatic heterocycles. The molecule has 1 aromatic carbocycles. The molecule has 0 aliphatic rings. The minimum Gasteiger partial charge on any atom is -0.496 e. The van der Waals surface area contributed by atoms with Crippen molar-refractivity contribution >= 4 is 11.8 Å². The predicted octanol–water partition coefficient (Wildman–Crippen LogP) is 3.09. The largest absolute Gasteiger partial charge is 0.496 e. The second kappa shape index (κ2) is 8.81. The van der Waals surface area contributed by atoms with Crippen LogP contribution in [0.25, 0.3) is 0 Å². The van der Waals surface area contributed by atoms with Gasteiger partial charge in [0, 0.05) is 18.7 Å². The standard InChI is InChI=1S/C16H23N5O/c1-3-4-7-10-17-15-12-19-21-16(20-15)18-11-13-8-5-6-9-14(13)22-2/h5-6,8-9,12H,3-4,7,10-11H2,1-2H3,(H2,17,18,20,21). The molecule has 0 atom stereocenters. The highest BCUT2D eigenvalue weighted by Crippen LogP contribution is 2.18. The van der Waals surface area contributed by atoms with Crippen molar-refractivity contribution in [2.75, 3.05) is 24.3 Å². The number of nitrogens with one attached hydrogen (secondary N) is 2. The van der Waals surface area contributed by atoms with E-state index in [2.05, 4.69) is 32.7 Å². The van der Waals surface area contributed by atoms with Crippen molar-refractivity contribution in [1.82, 2.24) is 15.2 Å². The minimum atomic E-state index is 0.506. The molecule has 6 heteroatoms. The van der Waals surface area contributed by atoms with Crippen LogP contribution in [0.2, 0.25) is 0 Å². The Hall–Kier alpha value is -2.37. The zero-order chi connectivity index (χ0) is 15.6. The fraction of sp³-hybridized carbons (Fsp3) is 0.438. The van der Waals surface area contributed by atoms with Crippen LogP contribution in [0.15, 0.2) is 30.5 Å². The number of unbranched alkanes of at least 4 members (excludes halogenated alkanes) is 2. The van der Waals surface area contributed by atoms with E-state index in [1.165, 1.54) is 12.8 Å². The lowest BCUT2D eigenvalue weighted by Crippen LogP contribution is -2.09. The average Bonchev–Trinajstić information content (AvgIpc) is 2.57. The van der Waals surface area contributed by atoms with E-state index in [1.54, 1.807) is 13.3 Å². The van der Waals surface area contributed by atoms with Crippen LogP contribution in [0.5, 0.6) is 5.75 Å². The molecule has 0 aliphatic heterocycles. The molecule has 0 saturated carbocycles. The predicted molar refractivity (Wildman–Crippen MR) is 88.2 cm³/mol. The summed E-state index contributed by atoms with van der Waals surface area (Å²) in [7, 11) is 1.66. The lowest BCUT2D eigenvalue weighted by molar-refractivity contribution is 0.410. The lowest BCUT2D eigenvalue weighted by atomic mass is 10.2. The first-order valence-corrected chi connectivity index (χ1v) is 7.63. The van der Waals surface area contributed by atoms with E-state index in [1.807, 2.05) is 24.3 Å². The third-order valence-corrected chi connectivity index (χ3v) is 3.27. The van der Waals surface area contributed by atoms with Crippen molar-refractivity contribution in [3.05, 3.63) is 36.0 Å². The summed E-state index contributed by atoms with van der Waals surface area (Å²) in [5.74, 6) is 2.09. The number of rotatable bonds is 9. The molecule has 1 heterocycles. The summed E-state index contributed by atoms with van der Waals surface area (Å²) >= 11 is 0. The molecule has 0 saturated heterocycles. The van der Waals surface area contributed by atoms with Crippen LogP contribution in [0.4, 0.5) is 11.8 Å². The number of benzene rings is 1. The molecule has 0 spiro atoms. The summed E-state index contributed by atoms with van der Waals surface area (Å²) in [5, 5.41) is 14.4. The normalized spacial score (nSPS) is 10.3. The Balaban J connectivity index is 1.90. The zero-order valence-electron chi connectivity index (χ0n) is 13.2. The van der Waals surface area contributed by atoms with Gasteiger partial charge in [-0.3, -0.25) is 0 Å². The van der Waals surface area contributed by atoms with Crippen molar-refractivity contribution in [2.45, 2.75) is 32.7 Å². The van der Waals surface area contributed by atoms with Crippen molar-refractivity contribution in [3.8, 4) is 5.75 Å². The van der Waals surface area contributed by atoms with Gasteiger partial charge in [-0.05, 0) is 12.5 Å². The third-order valence-electron chi connectivity index (χ3n) is 3.27. The first-order valence-electron chi connectivity index (χ1n) is 7.63. The fourth-order valence-corrected chi connectivity index (χ4v) is 2.08. The topological polar surface area (TPSA) is 72.0 Å².